The minimum atomic E-state index is 0.0645. The lowest BCUT2D eigenvalue weighted by Gasteiger charge is -2.37. The Hall–Kier alpha value is -2.12. The van der Waals surface area contributed by atoms with E-state index in [1.54, 1.807) is 15.9 Å². The van der Waals surface area contributed by atoms with Crippen LogP contribution in [0.2, 0.25) is 0 Å². The number of likely N-dealkylation sites (tertiary alicyclic amines) is 1. The number of rotatable bonds is 5. The normalized spacial score (nSPS) is 23.8. The van der Waals surface area contributed by atoms with E-state index in [1.165, 1.54) is 16.9 Å². The van der Waals surface area contributed by atoms with E-state index in [2.05, 4.69) is 36.1 Å². The summed E-state index contributed by atoms with van der Waals surface area (Å²) < 4.78 is 7.20. The molecule has 1 saturated heterocycles. The van der Waals surface area contributed by atoms with Crippen molar-refractivity contribution >= 4 is 16.3 Å². The third kappa shape index (κ3) is 3.61. The number of nitrogens with zero attached hydrogens (tertiary/aromatic N) is 3. The van der Waals surface area contributed by atoms with Gasteiger partial charge >= 0.3 is 0 Å². The number of aromatic nitrogens is 3. The summed E-state index contributed by atoms with van der Waals surface area (Å²) in [6.07, 6.45) is 1.26. The van der Waals surface area contributed by atoms with E-state index in [9.17, 15) is 5.11 Å². The molecule has 0 unspecified atom stereocenters. The van der Waals surface area contributed by atoms with Crippen LogP contribution in [0.1, 0.15) is 49.5 Å². The summed E-state index contributed by atoms with van der Waals surface area (Å²) in [6, 6.07) is 8.38. The summed E-state index contributed by atoms with van der Waals surface area (Å²) in [5, 5.41) is 15.3. The molecule has 0 amide bonds. The average molecular weight is 402 g/mol. The number of aromatic hydroxyl groups is 1. The molecular weight excluding hydrogens is 372 g/mol. The molecule has 0 spiro atoms. The van der Waals surface area contributed by atoms with Gasteiger partial charge in [0.15, 0.2) is 6.04 Å². The van der Waals surface area contributed by atoms with E-state index in [1.807, 2.05) is 26.0 Å². The van der Waals surface area contributed by atoms with Gasteiger partial charge in [-0.25, -0.2) is 4.98 Å². The zero-order valence-corrected chi connectivity index (χ0v) is 17.8. The van der Waals surface area contributed by atoms with Gasteiger partial charge in [0, 0.05) is 17.4 Å². The predicted octanol–water partition coefficient (Wildman–Crippen LogP) is 2.85. The predicted molar refractivity (Wildman–Crippen MR) is 110 cm³/mol. The number of aryl methyl sites for hydroxylation is 1. The summed E-state index contributed by atoms with van der Waals surface area (Å²) in [4.78, 5) is 7.65. The maximum absolute atomic E-state index is 11.0. The van der Waals surface area contributed by atoms with Crippen LogP contribution in [0.5, 0.6) is 11.6 Å². The number of hydrogen-bond donors (Lipinski definition) is 2. The van der Waals surface area contributed by atoms with E-state index >= 15 is 0 Å². The maximum Gasteiger partial charge on any atom is 0.235 e. The average Bonchev–Trinajstić information content (AvgIpc) is 3.14. The van der Waals surface area contributed by atoms with E-state index in [-0.39, 0.29) is 11.9 Å². The summed E-state index contributed by atoms with van der Waals surface area (Å²) in [5.41, 5.74) is 1.19. The molecule has 1 aliphatic heterocycles. The van der Waals surface area contributed by atoms with Gasteiger partial charge in [0.1, 0.15) is 16.5 Å². The monoisotopic (exact) mass is 401 g/mol. The van der Waals surface area contributed by atoms with Crippen LogP contribution in [-0.4, -0.2) is 39.4 Å². The smallest absolute Gasteiger partial charge is 0.235 e. The van der Waals surface area contributed by atoms with Crippen LogP contribution in [0.25, 0.3) is 4.96 Å². The minimum Gasteiger partial charge on any atom is -0.494 e. The first-order valence-corrected chi connectivity index (χ1v) is 10.9. The fourth-order valence-electron chi connectivity index (χ4n) is 4.60. The molecule has 6 nitrogen and oxygen atoms in total. The second-order valence-electron chi connectivity index (χ2n) is 8.09. The van der Waals surface area contributed by atoms with Gasteiger partial charge < -0.3 is 14.7 Å². The standard InChI is InChI=1S/C21H28N4O2S/c1-5-27-17-8-6-16(7-9-17)18(24-11-13(2)10-14(3)12-24)19-20(26)25-21(28-19)22-15(4)23-25/h6-9,13-14,18,26H,5,10-12H2,1-4H3/p+1/t13-,14-,18-/m0/s1. The molecule has 0 saturated carbocycles. The molecule has 3 heterocycles. The van der Waals surface area contributed by atoms with Crippen LogP contribution < -0.4 is 9.64 Å². The Kier molecular flexibility index (Phi) is 5.29. The Balaban J connectivity index is 1.78. The lowest BCUT2D eigenvalue weighted by Crippen LogP contribution is -3.14. The fourth-order valence-corrected chi connectivity index (χ4v) is 5.79. The first kappa shape index (κ1) is 19.2. The van der Waals surface area contributed by atoms with Crippen LogP contribution in [-0.2, 0) is 0 Å². The number of ether oxygens (including phenoxy) is 1. The lowest BCUT2D eigenvalue weighted by atomic mass is 9.89. The van der Waals surface area contributed by atoms with Gasteiger partial charge in [-0.15, -0.1) is 5.10 Å². The number of piperidine rings is 1. The van der Waals surface area contributed by atoms with E-state index in [4.69, 9.17) is 4.74 Å². The molecule has 3 atom stereocenters. The molecule has 7 heteroatoms. The molecule has 1 aromatic carbocycles. The fraction of sp³-hybridized carbons (Fsp3) is 0.524. The molecule has 2 N–H and O–H groups in total. The van der Waals surface area contributed by atoms with Crippen molar-refractivity contribution in [3.05, 3.63) is 40.5 Å². The van der Waals surface area contributed by atoms with Crippen molar-refractivity contribution in [2.45, 2.75) is 40.2 Å². The molecule has 28 heavy (non-hydrogen) atoms. The SMILES string of the molecule is CCOc1ccc([C@@H](c2sc3nc(C)nn3c2O)[NH+]2C[C@@H](C)C[C@H](C)C2)cc1. The summed E-state index contributed by atoms with van der Waals surface area (Å²) in [7, 11) is 0. The molecule has 4 rings (SSSR count). The maximum atomic E-state index is 11.0. The number of nitrogens with one attached hydrogen (secondary N) is 1. The lowest BCUT2D eigenvalue weighted by molar-refractivity contribution is -0.936. The Morgan fingerprint density at radius 2 is 1.93 bits per heavy atom. The molecule has 0 aliphatic carbocycles. The van der Waals surface area contributed by atoms with Crippen LogP contribution in [0.3, 0.4) is 0 Å². The molecule has 1 fully saturated rings. The van der Waals surface area contributed by atoms with Gasteiger partial charge in [0.05, 0.1) is 19.7 Å². The minimum absolute atomic E-state index is 0.0645. The first-order valence-electron chi connectivity index (χ1n) is 10.1. The Labute approximate surface area is 169 Å². The molecule has 0 bridgehead atoms. The molecule has 2 aromatic heterocycles. The van der Waals surface area contributed by atoms with Crippen molar-refractivity contribution in [2.75, 3.05) is 19.7 Å². The Morgan fingerprint density at radius 1 is 1.25 bits per heavy atom. The molecule has 150 valence electrons. The number of thiazole rings is 1. The second-order valence-corrected chi connectivity index (χ2v) is 9.10. The summed E-state index contributed by atoms with van der Waals surface area (Å²) >= 11 is 1.55. The third-order valence-electron chi connectivity index (χ3n) is 5.53. The van der Waals surface area contributed by atoms with Gasteiger partial charge in [-0.3, -0.25) is 0 Å². The highest BCUT2D eigenvalue weighted by Gasteiger charge is 2.37. The molecule has 0 radical (unpaired) electrons. The van der Waals surface area contributed by atoms with E-state index < -0.39 is 0 Å². The molecule has 3 aromatic rings. The van der Waals surface area contributed by atoms with Crippen LogP contribution in [0, 0.1) is 18.8 Å². The third-order valence-corrected chi connectivity index (χ3v) is 6.61. The first-order chi connectivity index (χ1) is 13.5. The second kappa shape index (κ2) is 7.72. The van der Waals surface area contributed by atoms with Gasteiger partial charge in [-0.1, -0.05) is 25.2 Å². The highest BCUT2D eigenvalue weighted by Crippen LogP contribution is 2.36. The largest absolute Gasteiger partial charge is 0.494 e. The van der Waals surface area contributed by atoms with Crippen molar-refractivity contribution in [1.82, 2.24) is 14.6 Å². The highest BCUT2D eigenvalue weighted by molar-refractivity contribution is 7.17. The van der Waals surface area contributed by atoms with Crippen molar-refractivity contribution < 1.29 is 14.7 Å². The van der Waals surface area contributed by atoms with Crippen molar-refractivity contribution in [1.29, 1.82) is 0 Å². The summed E-state index contributed by atoms with van der Waals surface area (Å²) in [5.74, 6) is 3.10. The van der Waals surface area contributed by atoms with Crippen LogP contribution in [0.15, 0.2) is 24.3 Å². The highest BCUT2D eigenvalue weighted by atomic mass is 32.1. The number of fused-ring (bicyclic) bond motifs is 1. The molecule has 1 aliphatic rings. The van der Waals surface area contributed by atoms with Crippen molar-refractivity contribution in [2.24, 2.45) is 11.8 Å². The molecular formula is C21H29N4O2S+. The Morgan fingerprint density at radius 3 is 2.54 bits per heavy atom. The van der Waals surface area contributed by atoms with Gasteiger partial charge in [0.25, 0.3) is 0 Å². The quantitative estimate of drug-likeness (QED) is 0.690. The van der Waals surface area contributed by atoms with E-state index in [0.717, 1.165) is 28.7 Å². The topological polar surface area (TPSA) is 64.1 Å². The summed E-state index contributed by atoms with van der Waals surface area (Å²) in [6.45, 7) is 11.3. The van der Waals surface area contributed by atoms with Gasteiger partial charge in [-0.2, -0.15) is 4.52 Å². The van der Waals surface area contributed by atoms with Gasteiger partial charge in [-0.05, 0) is 44.5 Å². The number of hydrogen-bond acceptors (Lipinski definition) is 5. The van der Waals surface area contributed by atoms with E-state index in [0.29, 0.717) is 24.3 Å². The Bertz CT molecular complexity index is 939. The van der Waals surface area contributed by atoms with Gasteiger partial charge in [0.2, 0.25) is 10.8 Å². The number of benzene rings is 1. The van der Waals surface area contributed by atoms with Crippen molar-refractivity contribution in [3.8, 4) is 11.6 Å². The van der Waals surface area contributed by atoms with Crippen LogP contribution >= 0.6 is 11.3 Å². The zero-order valence-electron chi connectivity index (χ0n) is 17.0. The van der Waals surface area contributed by atoms with Crippen molar-refractivity contribution in [3.63, 3.8) is 0 Å². The van der Waals surface area contributed by atoms with Crippen LogP contribution in [0.4, 0.5) is 0 Å². The zero-order chi connectivity index (χ0) is 19.8. The number of quaternary nitrogens is 1.